The van der Waals surface area contributed by atoms with Gasteiger partial charge in [0.15, 0.2) is 15.0 Å². The second-order valence-electron chi connectivity index (χ2n) is 5.18. The van der Waals surface area contributed by atoms with Gasteiger partial charge in [0.1, 0.15) is 0 Å². The zero-order chi connectivity index (χ0) is 14.0. The van der Waals surface area contributed by atoms with Gasteiger partial charge in [-0.1, -0.05) is 42.1 Å². The molecule has 0 amide bonds. The molecule has 0 bridgehead atoms. The van der Waals surface area contributed by atoms with Gasteiger partial charge in [-0.3, -0.25) is 4.99 Å². The molecule has 2 heterocycles. The van der Waals surface area contributed by atoms with Crippen LogP contribution in [0.15, 0.2) is 35.3 Å². The number of amidine groups is 1. The lowest BCUT2D eigenvalue weighted by molar-refractivity contribution is 0.587. The molecule has 0 spiro atoms. The monoisotopic (exact) mass is 310 g/mol. The van der Waals surface area contributed by atoms with E-state index < -0.39 is 9.84 Å². The third-order valence-corrected chi connectivity index (χ3v) is 7.25. The topological polar surface area (TPSA) is 58.5 Å². The van der Waals surface area contributed by atoms with Crippen molar-refractivity contribution in [2.24, 2.45) is 4.99 Å². The Bertz CT molecular complexity index is 599. The minimum atomic E-state index is -2.87. The number of hydrogen-bond acceptors (Lipinski definition) is 5. The first-order chi connectivity index (χ1) is 9.65. The SMILES string of the molecule is O=S1(=O)CCCC1CNC1=NCC(c2ccccc2)S1. The van der Waals surface area contributed by atoms with Crippen LogP contribution < -0.4 is 5.32 Å². The predicted octanol–water partition coefficient (Wildman–Crippen LogP) is 2.00. The second kappa shape index (κ2) is 5.77. The molecule has 1 N–H and O–H groups in total. The molecule has 1 aromatic rings. The van der Waals surface area contributed by atoms with Crippen molar-refractivity contribution < 1.29 is 8.42 Å². The van der Waals surface area contributed by atoms with E-state index in [-0.39, 0.29) is 5.25 Å². The highest BCUT2D eigenvalue weighted by atomic mass is 32.2. The molecule has 4 nitrogen and oxygen atoms in total. The number of benzene rings is 1. The van der Waals surface area contributed by atoms with E-state index in [1.165, 1.54) is 5.56 Å². The third kappa shape index (κ3) is 3.01. The number of nitrogens with one attached hydrogen (secondary N) is 1. The lowest BCUT2D eigenvalue weighted by Gasteiger charge is -2.12. The van der Waals surface area contributed by atoms with Gasteiger partial charge in [-0.05, 0) is 18.4 Å². The third-order valence-electron chi connectivity index (χ3n) is 3.77. The van der Waals surface area contributed by atoms with Gasteiger partial charge < -0.3 is 5.32 Å². The van der Waals surface area contributed by atoms with E-state index in [1.54, 1.807) is 11.8 Å². The molecule has 0 saturated carbocycles. The minimum Gasteiger partial charge on any atom is -0.364 e. The fourth-order valence-corrected chi connectivity index (χ4v) is 5.40. The summed E-state index contributed by atoms with van der Waals surface area (Å²) in [6, 6.07) is 10.3. The Balaban J connectivity index is 1.53. The van der Waals surface area contributed by atoms with Crippen LogP contribution in [0, 0.1) is 0 Å². The molecule has 1 aromatic carbocycles. The Morgan fingerprint density at radius 1 is 1.30 bits per heavy atom. The van der Waals surface area contributed by atoms with Crippen LogP contribution in [0.1, 0.15) is 23.7 Å². The van der Waals surface area contributed by atoms with Crippen LogP contribution in [0.2, 0.25) is 0 Å². The van der Waals surface area contributed by atoms with Crippen molar-refractivity contribution in [1.29, 1.82) is 0 Å². The van der Waals surface area contributed by atoms with Crippen molar-refractivity contribution in [2.45, 2.75) is 23.3 Å². The van der Waals surface area contributed by atoms with Crippen molar-refractivity contribution >= 4 is 26.8 Å². The van der Waals surface area contributed by atoms with Crippen LogP contribution in [0.25, 0.3) is 0 Å². The Hall–Kier alpha value is -1.01. The molecular weight excluding hydrogens is 292 g/mol. The predicted molar refractivity (Wildman–Crippen MR) is 83.9 cm³/mol. The number of thioether (sulfide) groups is 1. The quantitative estimate of drug-likeness (QED) is 0.927. The van der Waals surface area contributed by atoms with E-state index in [4.69, 9.17) is 0 Å². The van der Waals surface area contributed by atoms with Crippen LogP contribution in [0.3, 0.4) is 0 Å². The first-order valence-electron chi connectivity index (χ1n) is 6.87. The molecule has 20 heavy (non-hydrogen) atoms. The van der Waals surface area contributed by atoms with Crippen LogP contribution in [0.5, 0.6) is 0 Å². The van der Waals surface area contributed by atoms with Gasteiger partial charge >= 0.3 is 0 Å². The van der Waals surface area contributed by atoms with Crippen LogP contribution >= 0.6 is 11.8 Å². The molecule has 0 aromatic heterocycles. The maximum absolute atomic E-state index is 11.8. The largest absolute Gasteiger partial charge is 0.364 e. The molecule has 0 radical (unpaired) electrons. The zero-order valence-corrected chi connectivity index (χ0v) is 12.8. The lowest BCUT2D eigenvalue weighted by atomic mass is 10.1. The highest BCUT2D eigenvalue weighted by Gasteiger charge is 2.31. The molecule has 0 aliphatic carbocycles. The molecule has 2 unspecified atom stereocenters. The Morgan fingerprint density at radius 2 is 2.10 bits per heavy atom. The molecule has 2 atom stereocenters. The van der Waals surface area contributed by atoms with E-state index in [1.807, 2.05) is 18.2 Å². The van der Waals surface area contributed by atoms with E-state index in [2.05, 4.69) is 22.4 Å². The summed E-state index contributed by atoms with van der Waals surface area (Å²) in [4.78, 5) is 4.48. The van der Waals surface area contributed by atoms with Crippen molar-refractivity contribution in [3.63, 3.8) is 0 Å². The summed E-state index contributed by atoms with van der Waals surface area (Å²) in [7, 11) is -2.87. The number of hydrogen-bond donors (Lipinski definition) is 1. The van der Waals surface area contributed by atoms with Crippen molar-refractivity contribution in [1.82, 2.24) is 5.32 Å². The van der Waals surface area contributed by atoms with Gasteiger partial charge in [-0.15, -0.1) is 0 Å². The summed E-state index contributed by atoms with van der Waals surface area (Å²) >= 11 is 1.69. The van der Waals surface area contributed by atoms with E-state index >= 15 is 0 Å². The average Bonchev–Trinajstić information content (AvgIpc) is 3.04. The van der Waals surface area contributed by atoms with E-state index in [0.29, 0.717) is 17.5 Å². The summed E-state index contributed by atoms with van der Waals surface area (Å²) in [5, 5.41) is 4.20. The minimum absolute atomic E-state index is 0.235. The van der Waals surface area contributed by atoms with Crippen LogP contribution in [-0.2, 0) is 9.84 Å². The fourth-order valence-electron chi connectivity index (χ4n) is 2.60. The molecular formula is C14H18N2O2S2. The summed E-state index contributed by atoms with van der Waals surface area (Å²) in [6.07, 6.45) is 1.57. The second-order valence-corrected chi connectivity index (χ2v) is 8.77. The first kappa shape index (κ1) is 13.9. The molecule has 108 valence electrons. The van der Waals surface area contributed by atoms with Gasteiger partial charge in [-0.25, -0.2) is 8.42 Å². The normalized spacial score (nSPS) is 28.3. The van der Waals surface area contributed by atoms with Gasteiger partial charge in [0.25, 0.3) is 0 Å². The van der Waals surface area contributed by atoms with Crippen molar-refractivity contribution in [3.8, 4) is 0 Å². The standard InChI is InChI=1S/C14H18N2O2S2/c17-20(18)8-4-7-12(20)9-15-14-16-10-13(19-14)11-5-2-1-3-6-11/h1-3,5-6,12-13H,4,7-10H2,(H,15,16). The fraction of sp³-hybridized carbons (Fsp3) is 0.500. The van der Waals surface area contributed by atoms with E-state index in [9.17, 15) is 8.42 Å². The summed E-state index contributed by atoms with van der Waals surface area (Å²) in [6.45, 7) is 1.25. The van der Waals surface area contributed by atoms with Gasteiger partial charge in [0, 0.05) is 6.54 Å². The molecule has 1 fully saturated rings. The smallest absolute Gasteiger partial charge is 0.157 e. The summed E-state index contributed by atoms with van der Waals surface area (Å²) in [5.41, 5.74) is 1.27. The molecule has 1 saturated heterocycles. The van der Waals surface area contributed by atoms with Crippen LogP contribution in [-0.4, -0.2) is 37.7 Å². The van der Waals surface area contributed by atoms with Crippen LogP contribution in [0.4, 0.5) is 0 Å². The number of rotatable bonds is 3. The maximum atomic E-state index is 11.8. The van der Waals surface area contributed by atoms with Gasteiger partial charge in [0.05, 0.1) is 22.8 Å². The van der Waals surface area contributed by atoms with Crippen molar-refractivity contribution in [3.05, 3.63) is 35.9 Å². The average molecular weight is 310 g/mol. The first-order valence-corrected chi connectivity index (χ1v) is 9.46. The molecule has 6 heteroatoms. The highest BCUT2D eigenvalue weighted by Crippen LogP contribution is 2.34. The van der Waals surface area contributed by atoms with Crippen molar-refractivity contribution in [2.75, 3.05) is 18.8 Å². The Morgan fingerprint density at radius 3 is 2.80 bits per heavy atom. The number of aliphatic imine (C=N–C) groups is 1. The van der Waals surface area contributed by atoms with E-state index in [0.717, 1.165) is 24.6 Å². The molecule has 2 aliphatic heterocycles. The van der Waals surface area contributed by atoms with Gasteiger partial charge in [0.2, 0.25) is 0 Å². The summed E-state index contributed by atoms with van der Waals surface area (Å²) < 4.78 is 23.5. The Labute approximate surface area is 124 Å². The Kier molecular flexibility index (Phi) is 4.03. The molecule has 3 rings (SSSR count). The maximum Gasteiger partial charge on any atom is 0.157 e. The lowest BCUT2D eigenvalue weighted by Crippen LogP contribution is -2.32. The highest BCUT2D eigenvalue weighted by molar-refractivity contribution is 8.14. The van der Waals surface area contributed by atoms with Gasteiger partial charge in [-0.2, -0.15) is 0 Å². The number of nitrogens with zero attached hydrogens (tertiary/aromatic N) is 1. The number of sulfone groups is 1. The zero-order valence-electron chi connectivity index (χ0n) is 11.2. The molecule has 2 aliphatic rings. The summed E-state index contributed by atoms with van der Waals surface area (Å²) in [5.74, 6) is 0.339.